The van der Waals surface area contributed by atoms with E-state index in [0.717, 1.165) is 12.1 Å². The van der Waals surface area contributed by atoms with E-state index in [4.69, 9.17) is 11.6 Å². The van der Waals surface area contributed by atoms with Gasteiger partial charge in [-0.1, -0.05) is 11.6 Å². The monoisotopic (exact) mass is 542 g/mol. The summed E-state index contributed by atoms with van der Waals surface area (Å²) in [5.41, 5.74) is 2.23. The van der Waals surface area contributed by atoms with Gasteiger partial charge in [-0.15, -0.1) is 0 Å². The lowest BCUT2D eigenvalue weighted by Crippen LogP contribution is -2.15. The Balaban J connectivity index is 1.48. The van der Waals surface area contributed by atoms with Crippen molar-refractivity contribution in [3.05, 3.63) is 95.8 Å². The third kappa shape index (κ3) is 5.15. The van der Waals surface area contributed by atoms with Gasteiger partial charge in [-0.05, 0) is 48.5 Å². The lowest BCUT2D eigenvalue weighted by atomic mass is 10.1. The van der Waals surface area contributed by atoms with E-state index >= 15 is 0 Å². The second-order valence-corrected chi connectivity index (χ2v) is 9.74. The van der Waals surface area contributed by atoms with Gasteiger partial charge in [0.25, 0.3) is 10.0 Å². The van der Waals surface area contributed by atoms with Crippen LogP contribution >= 0.6 is 11.6 Å². The molecule has 186 valence electrons. The molecule has 0 aliphatic carbocycles. The van der Waals surface area contributed by atoms with E-state index in [9.17, 15) is 21.6 Å². The van der Waals surface area contributed by atoms with Crippen molar-refractivity contribution in [3.8, 4) is 11.3 Å². The zero-order valence-corrected chi connectivity index (χ0v) is 20.0. The molecule has 8 nitrogen and oxygen atoms in total. The van der Waals surface area contributed by atoms with Gasteiger partial charge in [0.2, 0.25) is 0 Å². The van der Waals surface area contributed by atoms with Gasteiger partial charge in [0.15, 0.2) is 5.82 Å². The van der Waals surface area contributed by atoms with Crippen LogP contribution in [0.15, 0.2) is 78.2 Å². The van der Waals surface area contributed by atoms with Gasteiger partial charge < -0.3 is 5.32 Å². The second-order valence-electron chi connectivity index (χ2n) is 7.68. The highest BCUT2D eigenvalue weighted by Gasteiger charge is 2.20. The lowest BCUT2D eigenvalue weighted by molar-refractivity contribution is 0.551. The highest BCUT2D eigenvalue weighted by Crippen LogP contribution is 2.28. The smallest absolute Gasteiger partial charge is 0.264 e. The Morgan fingerprint density at radius 3 is 2.46 bits per heavy atom. The molecule has 5 aromatic rings. The maximum atomic E-state index is 14.0. The fourth-order valence-electron chi connectivity index (χ4n) is 3.44. The number of halogens is 4. The van der Waals surface area contributed by atoms with Gasteiger partial charge in [-0.2, -0.15) is 0 Å². The Labute approximate surface area is 213 Å². The number of nitrogens with one attached hydrogen (secondary N) is 2. The van der Waals surface area contributed by atoms with Crippen molar-refractivity contribution >= 4 is 49.9 Å². The largest absolute Gasteiger partial charge is 0.338 e. The average Bonchev–Trinajstić information content (AvgIpc) is 2.86. The van der Waals surface area contributed by atoms with Crippen LogP contribution in [0.3, 0.4) is 0 Å². The van der Waals surface area contributed by atoms with Crippen LogP contribution in [0, 0.1) is 17.5 Å². The molecule has 0 spiro atoms. The van der Waals surface area contributed by atoms with Crippen LogP contribution in [-0.4, -0.2) is 28.4 Å². The molecule has 0 unspecified atom stereocenters. The van der Waals surface area contributed by atoms with Crippen molar-refractivity contribution < 1.29 is 21.6 Å². The molecule has 0 aliphatic heterocycles. The Hall–Kier alpha value is -4.29. The normalized spacial score (nSPS) is 11.5. The molecule has 0 amide bonds. The molecule has 0 saturated heterocycles. The van der Waals surface area contributed by atoms with Crippen LogP contribution in [0.2, 0.25) is 5.02 Å². The summed E-state index contributed by atoms with van der Waals surface area (Å²) in [4.78, 5) is 16.3. The van der Waals surface area contributed by atoms with Crippen molar-refractivity contribution in [1.29, 1.82) is 0 Å². The van der Waals surface area contributed by atoms with Crippen molar-refractivity contribution in [2.24, 2.45) is 0 Å². The number of anilines is 3. The number of hydrogen-bond acceptors (Lipinski definition) is 7. The topological polar surface area (TPSA) is 110 Å². The quantitative estimate of drug-likeness (QED) is 0.283. The Kier molecular flexibility index (Phi) is 6.36. The summed E-state index contributed by atoms with van der Waals surface area (Å²) < 4.78 is 68.3. The number of pyridine rings is 2. The number of nitrogens with zero attached hydrogens (tertiary/aromatic N) is 4. The first kappa shape index (κ1) is 24.4. The van der Waals surface area contributed by atoms with Crippen LogP contribution in [0.5, 0.6) is 0 Å². The molecule has 0 aliphatic rings. The van der Waals surface area contributed by atoms with E-state index in [-0.39, 0.29) is 10.7 Å². The molecule has 0 fully saturated rings. The van der Waals surface area contributed by atoms with Crippen molar-refractivity contribution in [2.45, 2.75) is 4.90 Å². The molecule has 0 atom stereocenters. The van der Waals surface area contributed by atoms with Gasteiger partial charge in [0, 0.05) is 23.5 Å². The minimum atomic E-state index is -4.36. The minimum Gasteiger partial charge on any atom is -0.338 e. The third-order valence-corrected chi connectivity index (χ3v) is 6.84. The SMILES string of the molecule is O=S(=O)(Nc1cncc(-c2ccc3ncnc(Nc4ccc(F)c(Cl)c4)c3n2)c1)c1ccc(F)cc1F. The van der Waals surface area contributed by atoms with Gasteiger partial charge in [-0.25, -0.2) is 36.5 Å². The molecule has 3 heterocycles. The van der Waals surface area contributed by atoms with Crippen LogP contribution < -0.4 is 10.0 Å². The molecule has 0 saturated carbocycles. The van der Waals surface area contributed by atoms with Crippen LogP contribution in [0.25, 0.3) is 22.3 Å². The summed E-state index contributed by atoms with van der Waals surface area (Å²) in [5.74, 6) is -2.37. The number of hydrogen-bond donors (Lipinski definition) is 2. The Morgan fingerprint density at radius 2 is 1.68 bits per heavy atom. The second kappa shape index (κ2) is 9.64. The Bertz CT molecular complexity index is 1770. The molecule has 13 heteroatoms. The number of rotatable bonds is 6. The van der Waals surface area contributed by atoms with E-state index in [1.54, 1.807) is 12.1 Å². The molecule has 0 radical (unpaired) electrons. The highest BCUT2D eigenvalue weighted by atomic mass is 35.5. The van der Waals surface area contributed by atoms with E-state index in [2.05, 4.69) is 30.0 Å². The first-order chi connectivity index (χ1) is 17.7. The predicted octanol–water partition coefficient (Wildman–Crippen LogP) is 5.70. The lowest BCUT2D eigenvalue weighted by Gasteiger charge is -2.11. The minimum absolute atomic E-state index is 0.0340. The number of benzene rings is 2. The van der Waals surface area contributed by atoms with Gasteiger partial charge in [0.05, 0.1) is 28.1 Å². The first-order valence-corrected chi connectivity index (χ1v) is 12.3. The van der Waals surface area contributed by atoms with Crippen LogP contribution in [0.1, 0.15) is 0 Å². The summed E-state index contributed by atoms with van der Waals surface area (Å²) in [5, 5.41) is 2.96. The summed E-state index contributed by atoms with van der Waals surface area (Å²) in [6.07, 6.45) is 4.03. The summed E-state index contributed by atoms with van der Waals surface area (Å²) in [7, 11) is -4.36. The number of sulfonamides is 1. The van der Waals surface area contributed by atoms with E-state index in [0.29, 0.717) is 39.9 Å². The standard InChI is InChI=1S/C24H14ClF3N6O2S/c25-17-9-15(2-3-18(17)27)32-24-23-21(30-12-31-24)5-4-20(33-23)13-7-16(11-29-10-13)34-37(35,36)22-6-1-14(26)8-19(22)28/h1-12,34H,(H,30,31,32). The maximum absolute atomic E-state index is 14.0. The third-order valence-electron chi connectivity index (χ3n) is 5.13. The van der Waals surface area contributed by atoms with Crippen LogP contribution in [0.4, 0.5) is 30.4 Å². The molecule has 0 bridgehead atoms. The molecular formula is C24H14ClF3N6O2S. The molecule has 2 aromatic carbocycles. The number of fused-ring (bicyclic) bond motifs is 1. The first-order valence-electron chi connectivity index (χ1n) is 10.5. The molecular weight excluding hydrogens is 529 g/mol. The van der Waals surface area contributed by atoms with Crippen molar-refractivity contribution in [1.82, 2.24) is 19.9 Å². The van der Waals surface area contributed by atoms with Crippen LogP contribution in [-0.2, 0) is 10.0 Å². The average molecular weight is 543 g/mol. The zero-order chi connectivity index (χ0) is 26.2. The van der Waals surface area contributed by atoms with Gasteiger partial charge >= 0.3 is 0 Å². The summed E-state index contributed by atoms with van der Waals surface area (Å²) in [6, 6.07) is 11.1. The summed E-state index contributed by atoms with van der Waals surface area (Å²) >= 11 is 5.86. The fraction of sp³-hybridized carbons (Fsp3) is 0. The van der Waals surface area contributed by atoms with Gasteiger partial charge in [-0.3, -0.25) is 9.71 Å². The fourth-order valence-corrected chi connectivity index (χ4v) is 4.72. The molecule has 37 heavy (non-hydrogen) atoms. The van der Waals surface area contributed by atoms with E-state index < -0.39 is 32.4 Å². The number of aromatic nitrogens is 4. The Morgan fingerprint density at radius 1 is 0.838 bits per heavy atom. The predicted molar refractivity (Wildman–Crippen MR) is 132 cm³/mol. The summed E-state index contributed by atoms with van der Waals surface area (Å²) in [6.45, 7) is 0. The van der Waals surface area contributed by atoms with E-state index in [1.807, 2.05) is 0 Å². The zero-order valence-electron chi connectivity index (χ0n) is 18.5. The van der Waals surface area contributed by atoms with Crippen molar-refractivity contribution in [3.63, 3.8) is 0 Å². The van der Waals surface area contributed by atoms with Gasteiger partial charge in [0.1, 0.15) is 34.2 Å². The van der Waals surface area contributed by atoms with Crippen molar-refractivity contribution in [2.75, 3.05) is 10.0 Å². The van der Waals surface area contributed by atoms with E-state index in [1.165, 1.54) is 43.0 Å². The molecule has 3 aromatic heterocycles. The molecule has 5 rings (SSSR count). The maximum Gasteiger partial charge on any atom is 0.264 e. The highest BCUT2D eigenvalue weighted by molar-refractivity contribution is 7.92. The molecule has 2 N–H and O–H groups in total.